The Balaban J connectivity index is 1.82. The molecule has 9 nitrogen and oxygen atoms in total. The van der Waals surface area contributed by atoms with Gasteiger partial charge in [0.15, 0.2) is 5.82 Å². The second-order valence-electron chi connectivity index (χ2n) is 5.58. The number of aliphatic hydroxyl groups is 1. The van der Waals surface area contributed by atoms with Crippen LogP contribution >= 0.6 is 0 Å². The number of nitrogens with zero attached hydrogens (tertiary/aromatic N) is 4. The second kappa shape index (κ2) is 7.61. The molecule has 0 bridgehead atoms. The van der Waals surface area contributed by atoms with Crippen molar-refractivity contribution in [3.63, 3.8) is 0 Å². The zero-order chi connectivity index (χ0) is 19.4. The normalized spacial score (nSPS) is 12.8. The first-order chi connectivity index (χ1) is 12.8. The van der Waals surface area contributed by atoms with Gasteiger partial charge in [-0.1, -0.05) is 6.92 Å². The lowest BCUT2D eigenvalue weighted by atomic mass is 10.2. The van der Waals surface area contributed by atoms with E-state index in [1.165, 1.54) is 12.1 Å². The van der Waals surface area contributed by atoms with Crippen molar-refractivity contribution in [2.24, 2.45) is 5.92 Å². The van der Waals surface area contributed by atoms with Crippen molar-refractivity contribution >= 4 is 22.8 Å². The van der Waals surface area contributed by atoms with Gasteiger partial charge in [0.05, 0.1) is 6.61 Å². The number of benzene rings is 1. The largest absolute Gasteiger partial charge is 0.573 e. The zero-order valence-corrected chi connectivity index (χ0v) is 13.9. The summed E-state index contributed by atoms with van der Waals surface area (Å²) in [6, 6.07) is 5.03. The predicted octanol–water partition coefficient (Wildman–Crippen LogP) is 2.66. The van der Waals surface area contributed by atoms with Crippen LogP contribution in [0.1, 0.15) is 6.92 Å². The molecule has 0 saturated heterocycles. The van der Waals surface area contributed by atoms with E-state index >= 15 is 0 Å². The highest BCUT2D eigenvalue weighted by atomic mass is 19.4. The minimum absolute atomic E-state index is 0.0779. The highest BCUT2D eigenvalue weighted by Crippen LogP contribution is 2.28. The average Bonchev–Trinajstić information content (AvgIpc) is 3.07. The molecule has 27 heavy (non-hydrogen) atoms. The molecule has 3 aromatic rings. The molecule has 1 aromatic carbocycles. The van der Waals surface area contributed by atoms with Crippen molar-refractivity contribution < 1.29 is 32.4 Å². The first kappa shape index (κ1) is 18.6. The van der Waals surface area contributed by atoms with Gasteiger partial charge in [-0.05, 0) is 34.6 Å². The third-order valence-electron chi connectivity index (χ3n) is 3.25. The van der Waals surface area contributed by atoms with Crippen molar-refractivity contribution in [3.05, 3.63) is 24.3 Å². The third-order valence-corrected chi connectivity index (χ3v) is 3.25. The van der Waals surface area contributed by atoms with Crippen LogP contribution in [0.4, 0.5) is 24.7 Å². The fourth-order valence-electron chi connectivity index (χ4n) is 1.96. The van der Waals surface area contributed by atoms with Crippen molar-refractivity contribution in [1.82, 2.24) is 20.3 Å². The van der Waals surface area contributed by atoms with Gasteiger partial charge in [0.2, 0.25) is 11.3 Å². The molecular weight excluding hydrogens is 371 g/mol. The van der Waals surface area contributed by atoms with Gasteiger partial charge in [0.1, 0.15) is 5.75 Å². The summed E-state index contributed by atoms with van der Waals surface area (Å²) in [6.07, 6.45) is -4.77. The fourth-order valence-corrected chi connectivity index (χ4v) is 1.96. The van der Waals surface area contributed by atoms with Gasteiger partial charge in [0, 0.05) is 18.2 Å². The maximum atomic E-state index is 12.2. The lowest BCUT2D eigenvalue weighted by molar-refractivity contribution is -0.274. The third kappa shape index (κ3) is 4.94. The number of fused-ring (bicyclic) bond motifs is 1. The summed E-state index contributed by atoms with van der Waals surface area (Å²) in [5.41, 5.74) is 0.660. The molecule has 12 heteroatoms. The Morgan fingerprint density at radius 3 is 2.44 bits per heavy atom. The van der Waals surface area contributed by atoms with E-state index in [1.807, 2.05) is 0 Å². The smallest absolute Gasteiger partial charge is 0.475 e. The first-order valence-electron chi connectivity index (χ1n) is 7.71. The summed E-state index contributed by atoms with van der Waals surface area (Å²) in [7, 11) is 0. The van der Waals surface area contributed by atoms with E-state index in [-0.39, 0.29) is 47.9 Å². The highest BCUT2D eigenvalue weighted by Gasteiger charge is 2.31. The Kier molecular flexibility index (Phi) is 5.26. The van der Waals surface area contributed by atoms with E-state index in [2.05, 4.69) is 35.0 Å². The number of aliphatic hydroxyl groups excluding tert-OH is 1. The van der Waals surface area contributed by atoms with Crippen LogP contribution in [0.25, 0.3) is 11.3 Å². The second-order valence-corrected chi connectivity index (χ2v) is 5.58. The number of alkyl halides is 3. The van der Waals surface area contributed by atoms with Crippen molar-refractivity contribution in [3.8, 4) is 11.6 Å². The lowest BCUT2D eigenvalue weighted by Gasteiger charge is -2.13. The topological polar surface area (TPSA) is 115 Å². The minimum atomic E-state index is -4.77. The van der Waals surface area contributed by atoms with Gasteiger partial charge < -0.3 is 19.9 Å². The zero-order valence-electron chi connectivity index (χ0n) is 13.9. The molecule has 0 radical (unpaired) electrons. The van der Waals surface area contributed by atoms with Crippen LogP contribution in [-0.2, 0) is 0 Å². The van der Waals surface area contributed by atoms with Crippen LogP contribution in [0.3, 0.4) is 0 Å². The van der Waals surface area contributed by atoms with Gasteiger partial charge in [-0.25, -0.2) is 4.63 Å². The maximum Gasteiger partial charge on any atom is 0.573 e. The summed E-state index contributed by atoms with van der Waals surface area (Å²) in [5, 5.41) is 19.1. The fraction of sp³-hybridized carbons (Fsp3) is 0.333. The van der Waals surface area contributed by atoms with Crippen LogP contribution in [0.15, 0.2) is 28.9 Å². The SMILES string of the molecule is CC(CO)COc1nc2nonc2nc1Nc1ccc(OC(F)(F)F)cc1. The van der Waals surface area contributed by atoms with Gasteiger partial charge in [-0.3, -0.25) is 0 Å². The number of nitrogens with one attached hydrogen (secondary N) is 1. The average molecular weight is 385 g/mol. The Morgan fingerprint density at radius 2 is 1.81 bits per heavy atom. The number of hydrogen-bond acceptors (Lipinski definition) is 9. The molecule has 0 aliphatic carbocycles. The van der Waals surface area contributed by atoms with E-state index in [0.29, 0.717) is 5.69 Å². The van der Waals surface area contributed by atoms with Crippen LogP contribution in [0, 0.1) is 5.92 Å². The summed E-state index contributed by atoms with van der Waals surface area (Å²) in [6.45, 7) is 1.86. The number of ether oxygens (including phenoxy) is 2. The number of hydrogen-bond donors (Lipinski definition) is 2. The molecule has 2 heterocycles. The summed E-state index contributed by atoms with van der Waals surface area (Å²) in [5.74, 6) is -0.268. The van der Waals surface area contributed by atoms with Gasteiger partial charge in [-0.15, -0.1) is 13.2 Å². The molecule has 3 rings (SSSR count). The highest BCUT2D eigenvalue weighted by molar-refractivity contribution is 5.71. The van der Waals surface area contributed by atoms with E-state index in [4.69, 9.17) is 9.84 Å². The number of rotatable bonds is 7. The quantitative estimate of drug-likeness (QED) is 0.633. The molecule has 0 aliphatic heterocycles. The van der Waals surface area contributed by atoms with Crippen LogP contribution in [0.2, 0.25) is 0 Å². The number of anilines is 2. The molecular formula is C15H14F3N5O4. The Bertz CT molecular complexity index is 901. The predicted molar refractivity (Wildman–Crippen MR) is 85.5 cm³/mol. The van der Waals surface area contributed by atoms with Crippen LogP contribution in [0.5, 0.6) is 11.6 Å². The van der Waals surface area contributed by atoms with Gasteiger partial charge in [-0.2, -0.15) is 9.97 Å². The Hall–Kier alpha value is -3.15. The van der Waals surface area contributed by atoms with E-state index in [0.717, 1.165) is 12.1 Å². The molecule has 0 fully saturated rings. The maximum absolute atomic E-state index is 12.2. The Morgan fingerprint density at radius 1 is 1.15 bits per heavy atom. The van der Waals surface area contributed by atoms with E-state index in [1.54, 1.807) is 6.92 Å². The molecule has 0 aliphatic rings. The molecule has 1 atom stereocenters. The molecule has 1 unspecified atom stereocenters. The molecule has 2 N–H and O–H groups in total. The van der Waals surface area contributed by atoms with Crippen molar-refractivity contribution in [2.45, 2.75) is 13.3 Å². The van der Waals surface area contributed by atoms with Crippen LogP contribution < -0.4 is 14.8 Å². The van der Waals surface area contributed by atoms with E-state index < -0.39 is 6.36 Å². The number of halogens is 3. The van der Waals surface area contributed by atoms with E-state index in [9.17, 15) is 13.2 Å². The summed E-state index contributed by atoms with van der Waals surface area (Å²) in [4.78, 5) is 8.31. The summed E-state index contributed by atoms with van der Waals surface area (Å²) < 4.78 is 50.6. The molecule has 2 aromatic heterocycles. The van der Waals surface area contributed by atoms with Crippen molar-refractivity contribution in [2.75, 3.05) is 18.5 Å². The number of aromatic nitrogens is 4. The first-order valence-corrected chi connectivity index (χ1v) is 7.71. The minimum Gasteiger partial charge on any atom is -0.475 e. The Labute approximate surface area is 150 Å². The van der Waals surface area contributed by atoms with Gasteiger partial charge in [0.25, 0.3) is 5.88 Å². The molecule has 0 saturated carbocycles. The molecule has 0 amide bonds. The lowest BCUT2D eigenvalue weighted by Crippen LogP contribution is -2.17. The monoisotopic (exact) mass is 385 g/mol. The standard InChI is InChI=1S/C15H14F3N5O4/c1-8(6-24)7-25-14-13(20-11-12(21-14)23-27-22-11)19-9-2-4-10(5-3-9)26-15(16,17)18/h2-5,8,24H,6-7H2,1H3,(H,19,20,22). The summed E-state index contributed by atoms with van der Waals surface area (Å²) >= 11 is 0. The van der Waals surface area contributed by atoms with Gasteiger partial charge >= 0.3 is 6.36 Å². The van der Waals surface area contributed by atoms with Crippen LogP contribution in [-0.4, -0.2) is 45.0 Å². The molecule has 0 spiro atoms. The molecule has 144 valence electrons. The van der Waals surface area contributed by atoms with Crippen molar-refractivity contribution in [1.29, 1.82) is 0 Å².